The average Bonchev–Trinajstić information content (AvgIpc) is 4.03. The molecule has 0 aliphatic carbocycles. The Kier molecular flexibility index (Phi) is 16.1. The van der Waals surface area contributed by atoms with Crippen LogP contribution in [0.25, 0.3) is 41.6 Å². The van der Waals surface area contributed by atoms with Crippen LogP contribution in [0, 0.1) is 13.8 Å². The number of hydrogen-bond acceptors (Lipinski definition) is 17. The van der Waals surface area contributed by atoms with E-state index in [9.17, 15) is 19.2 Å². The molecule has 5 N–H and O–H groups in total. The van der Waals surface area contributed by atoms with Crippen molar-refractivity contribution < 1.29 is 33.8 Å². The van der Waals surface area contributed by atoms with Crippen LogP contribution in [0.3, 0.4) is 0 Å². The number of carbonyl (C=O) groups excluding carboxylic acids is 3. The maximum Gasteiger partial charge on any atom is 0.413 e. The standard InChI is InChI=1S/C24H24N4O3S2.C14H16N2O4S.C9H9N3S/c1-14-6-5-7-16(10-14)21-28-27-20(33-21)13-17(29)11-15-8-9-18-19(12-15)32-22(25-18)26-23(30)31-24(2,3)4;1-14(2,3)20-13(19)16-12-15-9-5-4-8(7-11(17)18)6-10(9)21-12;1-6-3-2-4-7(5-6)8-11-12-9(10)13-8/h5-10,12H,11,13H2,1-4H3,(H,25,26,30);4-6H,7H2,1-3H3,(H,17,18)(H,15,16,19);2-5H,1H3,(H2,10,12). The molecule has 8 aromatic rings. The predicted octanol–water partition coefficient (Wildman–Crippen LogP) is 11.2. The molecule has 4 heterocycles. The van der Waals surface area contributed by atoms with E-state index in [1.54, 1.807) is 59.7 Å². The predicted molar refractivity (Wildman–Crippen MR) is 267 cm³/mol. The molecule has 8 rings (SSSR count). The molecular formula is C47H49N9O7S4. The zero-order chi connectivity index (χ0) is 48.5. The molecule has 0 unspecified atom stereocenters. The number of aromatic nitrogens is 6. The van der Waals surface area contributed by atoms with Crippen LogP contribution in [-0.4, -0.2) is 70.6 Å². The Balaban J connectivity index is 0.000000185. The summed E-state index contributed by atoms with van der Waals surface area (Å²) in [7, 11) is 0. The van der Waals surface area contributed by atoms with Gasteiger partial charge in [0.15, 0.2) is 10.3 Å². The van der Waals surface area contributed by atoms with E-state index in [-0.39, 0.29) is 18.6 Å². The fraction of sp³-hybridized carbons (Fsp3) is 0.277. The summed E-state index contributed by atoms with van der Waals surface area (Å²) in [6, 6.07) is 27.1. The molecule has 0 aliphatic rings. The zero-order valence-corrected chi connectivity index (χ0v) is 41.3. The van der Waals surface area contributed by atoms with Crippen molar-refractivity contribution in [3.05, 3.63) is 112 Å². The van der Waals surface area contributed by atoms with Crippen molar-refractivity contribution in [3.63, 3.8) is 0 Å². The first kappa shape index (κ1) is 49.7. The molecule has 67 heavy (non-hydrogen) atoms. The molecule has 20 heteroatoms. The van der Waals surface area contributed by atoms with Crippen molar-refractivity contribution in [2.45, 2.75) is 85.9 Å². The lowest BCUT2D eigenvalue weighted by molar-refractivity contribution is -0.136. The summed E-state index contributed by atoms with van der Waals surface area (Å²) < 4.78 is 12.1. The number of nitrogens with zero attached hydrogens (tertiary/aromatic N) is 6. The van der Waals surface area contributed by atoms with Gasteiger partial charge in [0.1, 0.15) is 32.0 Å². The van der Waals surface area contributed by atoms with Gasteiger partial charge in [0, 0.05) is 17.5 Å². The van der Waals surface area contributed by atoms with Crippen LogP contribution in [0.15, 0.2) is 84.9 Å². The second-order valence-corrected chi connectivity index (χ2v) is 21.2. The number of ether oxygens (including phenoxy) is 2. The van der Waals surface area contributed by atoms with E-state index in [1.807, 2.05) is 68.4 Å². The van der Waals surface area contributed by atoms with Crippen LogP contribution in [-0.2, 0) is 38.3 Å². The zero-order valence-electron chi connectivity index (χ0n) is 38.0. The van der Waals surface area contributed by atoms with E-state index in [4.69, 9.17) is 20.3 Å². The molecule has 0 spiro atoms. The maximum atomic E-state index is 12.7. The monoisotopic (exact) mass is 979 g/mol. The molecule has 4 aromatic heterocycles. The summed E-state index contributed by atoms with van der Waals surface area (Å²) in [4.78, 5) is 55.7. The van der Waals surface area contributed by atoms with Crippen LogP contribution in [0.1, 0.15) is 68.8 Å². The number of rotatable bonds is 10. The highest BCUT2D eigenvalue weighted by molar-refractivity contribution is 7.22. The van der Waals surface area contributed by atoms with Crippen molar-refractivity contribution in [2.24, 2.45) is 0 Å². The summed E-state index contributed by atoms with van der Waals surface area (Å²) in [5.41, 5.74) is 11.9. The topological polar surface area (TPSA) is 234 Å². The van der Waals surface area contributed by atoms with Crippen LogP contribution >= 0.6 is 45.3 Å². The first-order valence-corrected chi connectivity index (χ1v) is 24.0. The van der Waals surface area contributed by atoms with Crippen LogP contribution in [0.2, 0.25) is 0 Å². The normalized spacial score (nSPS) is 11.2. The fourth-order valence-electron chi connectivity index (χ4n) is 6.03. The van der Waals surface area contributed by atoms with Gasteiger partial charge in [-0.1, -0.05) is 105 Å². The summed E-state index contributed by atoms with van der Waals surface area (Å²) in [6.07, 6.45) is -0.605. The van der Waals surface area contributed by atoms with Gasteiger partial charge < -0.3 is 20.3 Å². The molecule has 0 atom stereocenters. The first-order valence-electron chi connectivity index (χ1n) is 20.7. The van der Waals surface area contributed by atoms with E-state index >= 15 is 0 Å². The lowest BCUT2D eigenvalue weighted by atomic mass is 10.1. The smallest absolute Gasteiger partial charge is 0.413 e. The lowest BCUT2D eigenvalue weighted by Gasteiger charge is -2.18. The minimum absolute atomic E-state index is 0.0390. The van der Waals surface area contributed by atoms with Gasteiger partial charge in [-0.05, 0) is 103 Å². The highest BCUT2D eigenvalue weighted by atomic mass is 32.1. The lowest BCUT2D eigenvalue weighted by Crippen LogP contribution is -2.27. The van der Waals surface area contributed by atoms with Gasteiger partial charge in [0.25, 0.3) is 0 Å². The van der Waals surface area contributed by atoms with Crippen LogP contribution in [0.4, 0.5) is 25.0 Å². The Bertz CT molecular complexity index is 3040. The van der Waals surface area contributed by atoms with Gasteiger partial charge in [-0.3, -0.25) is 20.2 Å². The Morgan fingerprint density at radius 3 is 1.52 bits per heavy atom. The number of carbonyl (C=O) groups is 4. The maximum absolute atomic E-state index is 12.7. The van der Waals surface area contributed by atoms with Gasteiger partial charge in [0.05, 0.1) is 33.3 Å². The number of Topliss-reactive ketones (excluding diaryl/α,β-unsaturated/α-hetero) is 1. The number of nitrogens with two attached hydrogens (primary N) is 1. The summed E-state index contributed by atoms with van der Waals surface area (Å²) in [5, 5.41) is 34.0. The van der Waals surface area contributed by atoms with E-state index in [0.717, 1.165) is 47.2 Å². The number of thiazole rings is 2. The number of ketones is 1. The third kappa shape index (κ3) is 15.7. The average molecular weight is 980 g/mol. The number of carboxylic acid groups (broad SMARTS) is 1. The molecule has 0 fully saturated rings. The number of aryl methyl sites for hydroxylation is 2. The third-order valence-electron chi connectivity index (χ3n) is 8.66. The number of benzene rings is 4. The molecule has 0 aliphatic heterocycles. The van der Waals surface area contributed by atoms with Crippen molar-refractivity contribution in [3.8, 4) is 21.1 Å². The van der Waals surface area contributed by atoms with Gasteiger partial charge in [-0.25, -0.2) is 19.6 Å². The van der Waals surface area contributed by atoms with Crippen molar-refractivity contribution in [1.82, 2.24) is 30.4 Å². The van der Waals surface area contributed by atoms with E-state index in [2.05, 4.69) is 53.1 Å². The Hall–Kier alpha value is -6.74. The van der Waals surface area contributed by atoms with Gasteiger partial charge in [-0.2, -0.15) is 0 Å². The molecule has 348 valence electrons. The number of anilines is 3. The first-order chi connectivity index (χ1) is 31.6. The number of carboxylic acids is 1. The van der Waals surface area contributed by atoms with E-state index < -0.39 is 29.4 Å². The molecule has 4 aromatic carbocycles. The van der Waals surface area contributed by atoms with Gasteiger partial charge >= 0.3 is 18.2 Å². The van der Waals surface area contributed by atoms with Crippen molar-refractivity contribution in [2.75, 3.05) is 16.4 Å². The molecule has 0 saturated heterocycles. The second kappa shape index (κ2) is 21.7. The number of nitrogens with one attached hydrogen (secondary N) is 2. The minimum atomic E-state index is -0.883. The fourth-order valence-corrected chi connectivity index (χ4v) is 9.33. The quantitative estimate of drug-likeness (QED) is 0.0998. The molecular weight excluding hydrogens is 931 g/mol. The van der Waals surface area contributed by atoms with Gasteiger partial charge in [-0.15, -0.1) is 20.4 Å². The van der Waals surface area contributed by atoms with E-state index in [0.29, 0.717) is 37.9 Å². The molecule has 0 bridgehead atoms. The third-order valence-corrected chi connectivity index (χ3v) is 12.3. The number of aliphatic carboxylic acids is 1. The van der Waals surface area contributed by atoms with Crippen LogP contribution < -0.4 is 16.4 Å². The molecule has 16 nitrogen and oxygen atoms in total. The Morgan fingerprint density at radius 1 is 0.597 bits per heavy atom. The summed E-state index contributed by atoms with van der Waals surface area (Å²) >= 11 is 5.47. The minimum Gasteiger partial charge on any atom is -0.481 e. The largest absolute Gasteiger partial charge is 0.481 e. The van der Waals surface area contributed by atoms with Gasteiger partial charge in [0.2, 0.25) is 5.13 Å². The molecule has 0 saturated carbocycles. The Labute approximate surface area is 402 Å². The number of fused-ring (bicyclic) bond motifs is 2. The Morgan fingerprint density at radius 2 is 1.07 bits per heavy atom. The molecule has 0 radical (unpaired) electrons. The SMILES string of the molecule is CC(C)(C)OC(=O)Nc1nc2ccc(CC(=O)O)cc2s1.Cc1cccc(-c2nnc(CC(=O)Cc3ccc4nc(NC(=O)OC(C)(C)C)sc4c3)s2)c1.Cc1cccc(-c2nnc(N)s2)c1. The number of nitrogen functional groups attached to an aromatic ring is 1. The second-order valence-electron chi connectivity index (χ2n) is 17.0. The number of amides is 2. The molecule has 2 amide bonds. The summed E-state index contributed by atoms with van der Waals surface area (Å²) in [5.74, 6) is -0.816. The highest BCUT2D eigenvalue weighted by Crippen LogP contribution is 2.30. The summed E-state index contributed by atoms with van der Waals surface area (Å²) in [6.45, 7) is 14.8. The van der Waals surface area contributed by atoms with E-state index in [1.165, 1.54) is 50.9 Å². The van der Waals surface area contributed by atoms with Crippen LogP contribution in [0.5, 0.6) is 0 Å². The van der Waals surface area contributed by atoms with Crippen molar-refractivity contribution in [1.29, 1.82) is 0 Å². The number of hydrogen-bond donors (Lipinski definition) is 4. The highest BCUT2D eigenvalue weighted by Gasteiger charge is 2.20. The van der Waals surface area contributed by atoms with Crippen molar-refractivity contribution >= 4 is 105 Å².